The highest BCUT2D eigenvalue weighted by Gasteiger charge is 2.16. The SMILES string of the molecule is Cc1cc(Cl)c(-c2c(C)nc3ncnn3c2C)cc1C. The van der Waals surface area contributed by atoms with Gasteiger partial charge in [-0.3, -0.25) is 0 Å². The summed E-state index contributed by atoms with van der Waals surface area (Å²) in [5, 5.41) is 4.95. The highest BCUT2D eigenvalue weighted by atomic mass is 35.5. The molecule has 0 saturated carbocycles. The third-order valence-electron chi connectivity index (χ3n) is 3.69. The van der Waals surface area contributed by atoms with Crippen molar-refractivity contribution >= 4 is 17.4 Å². The van der Waals surface area contributed by atoms with Gasteiger partial charge in [0, 0.05) is 16.1 Å². The van der Waals surface area contributed by atoms with Crippen LogP contribution in [0.5, 0.6) is 0 Å². The molecule has 0 saturated heterocycles. The van der Waals surface area contributed by atoms with Crippen LogP contribution in [0.4, 0.5) is 0 Å². The molecule has 2 heterocycles. The Hall–Kier alpha value is -1.94. The summed E-state index contributed by atoms with van der Waals surface area (Å²) in [7, 11) is 0. The first-order chi connectivity index (χ1) is 9.49. The molecule has 0 amide bonds. The number of aryl methyl sites for hydroxylation is 4. The van der Waals surface area contributed by atoms with E-state index in [0.717, 1.165) is 27.5 Å². The number of nitrogens with zero attached hydrogens (tertiary/aromatic N) is 4. The van der Waals surface area contributed by atoms with Crippen molar-refractivity contribution in [3.63, 3.8) is 0 Å². The summed E-state index contributed by atoms with van der Waals surface area (Å²) in [6.07, 6.45) is 1.51. The molecule has 2 aromatic heterocycles. The van der Waals surface area contributed by atoms with Crippen LogP contribution in [0.25, 0.3) is 16.9 Å². The summed E-state index contributed by atoms with van der Waals surface area (Å²) in [5.41, 5.74) is 6.32. The molecule has 0 aliphatic heterocycles. The van der Waals surface area contributed by atoms with E-state index in [2.05, 4.69) is 35.0 Å². The third kappa shape index (κ3) is 1.88. The van der Waals surface area contributed by atoms with E-state index in [-0.39, 0.29) is 0 Å². The number of fused-ring (bicyclic) bond motifs is 1. The van der Waals surface area contributed by atoms with Gasteiger partial charge in [0.2, 0.25) is 0 Å². The number of hydrogen-bond donors (Lipinski definition) is 0. The zero-order valence-corrected chi connectivity index (χ0v) is 12.7. The van der Waals surface area contributed by atoms with Crippen LogP contribution in [0.1, 0.15) is 22.5 Å². The highest BCUT2D eigenvalue weighted by Crippen LogP contribution is 2.34. The number of rotatable bonds is 1. The van der Waals surface area contributed by atoms with Crippen LogP contribution in [0.3, 0.4) is 0 Å². The third-order valence-corrected chi connectivity index (χ3v) is 4.00. The van der Waals surface area contributed by atoms with Crippen molar-refractivity contribution in [2.75, 3.05) is 0 Å². The Bertz CT molecular complexity index is 820. The molecule has 4 nitrogen and oxygen atoms in total. The van der Waals surface area contributed by atoms with E-state index in [9.17, 15) is 0 Å². The van der Waals surface area contributed by atoms with E-state index in [1.807, 2.05) is 19.9 Å². The van der Waals surface area contributed by atoms with Gasteiger partial charge in [-0.15, -0.1) is 0 Å². The standard InChI is InChI=1S/C15H15ClN4/c1-8-5-12(13(16)6-9(8)2)14-10(3)19-15-17-7-18-20(15)11(14)4/h5-7H,1-4H3. The van der Waals surface area contributed by atoms with Crippen molar-refractivity contribution in [1.29, 1.82) is 0 Å². The zero-order valence-electron chi connectivity index (χ0n) is 11.9. The lowest BCUT2D eigenvalue weighted by atomic mass is 9.98. The van der Waals surface area contributed by atoms with E-state index >= 15 is 0 Å². The van der Waals surface area contributed by atoms with Gasteiger partial charge >= 0.3 is 0 Å². The molecule has 0 atom stereocenters. The molecule has 5 heteroatoms. The smallest absolute Gasteiger partial charge is 0.216 e. The fraction of sp³-hybridized carbons (Fsp3) is 0.267. The molecular weight excluding hydrogens is 272 g/mol. The summed E-state index contributed by atoms with van der Waals surface area (Å²) in [6, 6.07) is 4.11. The maximum Gasteiger partial charge on any atom is 0.252 e. The van der Waals surface area contributed by atoms with Crippen LogP contribution >= 0.6 is 11.6 Å². The van der Waals surface area contributed by atoms with Crippen LogP contribution < -0.4 is 0 Å². The van der Waals surface area contributed by atoms with Gasteiger partial charge in [-0.05, 0) is 51.0 Å². The molecule has 0 spiro atoms. The maximum absolute atomic E-state index is 6.43. The fourth-order valence-corrected chi connectivity index (χ4v) is 2.80. The average molecular weight is 287 g/mol. The zero-order chi connectivity index (χ0) is 14.4. The quantitative estimate of drug-likeness (QED) is 0.685. The molecule has 0 unspecified atom stereocenters. The number of benzene rings is 1. The monoisotopic (exact) mass is 286 g/mol. The molecule has 0 fully saturated rings. The van der Waals surface area contributed by atoms with Gasteiger partial charge in [0.15, 0.2) is 0 Å². The second kappa shape index (κ2) is 4.56. The second-order valence-electron chi connectivity index (χ2n) is 5.05. The fourth-order valence-electron chi connectivity index (χ4n) is 2.48. The Labute approximate surface area is 122 Å². The summed E-state index contributed by atoms with van der Waals surface area (Å²) in [5.74, 6) is 0.615. The van der Waals surface area contributed by atoms with Crippen molar-refractivity contribution in [3.8, 4) is 11.1 Å². The molecule has 0 radical (unpaired) electrons. The first-order valence-electron chi connectivity index (χ1n) is 6.43. The minimum Gasteiger partial charge on any atom is -0.216 e. The molecule has 3 aromatic rings. The Kier molecular flexibility index (Phi) is 2.98. The largest absolute Gasteiger partial charge is 0.252 e. The van der Waals surface area contributed by atoms with Crippen molar-refractivity contribution in [1.82, 2.24) is 19.6 Å². The topological polar surface area (TPSA) is 43.1 Å². The van der Waals surface area contributed by atoms with Crippen LogP contribution in [0, 0.1) is 27.7 Å². The summed E-state index contributed by atoms with van der Waals surface area (Å²) >= 11 is 6.43. The molecule has 20 heavy (non-hydrogen) atoms. The molecule has 1 aromatic carbocycles. The minimum atomic E-state index is 0.615. The summed E-state index contributed by atoms with van der Waals surface area (Å²) in [4.78, 5) is 8.63. The highest BCUT2D eigenvalue weighted by molar-refractivity contribution is 6.33. The minimum absolute atomic E-state index is 0.615. The normalized spacial score (nSPS) is 11.2. The van der Waals surface area contributed by atoms with Crippen molar-refractivity contribution < 1.29 is 0 Å². The van der Waals surface area contributed by atoms with Gasteiger partial charge < -0.3 is 0 Å². The number of halogens is 1. The van der Waals surface area contributed by atoms with E-state index in [1.54, 1.807) is 4.52 Å². The Morgan fingerprint density at radius 2 is 1.75 bits per heavy atom. The molecule has 0 bridgehead atoms. The van der Waals surface area contributed by atoms with E-state index < -0.39 is 0 Å². The first-order valence-corrected chi connectivity index (χ1v) is 6.81. The van der Waals surface area contributed by atoms with Crippen LogP contribution in [0.15, 0.2) is 18.5 Å². The summed E-state index contributed by atoms with van der Waals surface area (Å²) < 4.78 is 1.74. The van der Waals surface area contributed by atoms with Crippen LogP contribution in [-0.4, -0.2) is 19.6 Å². The lowest BCUT2D eigenvalue weighted by Gasteiger charge is -2.14. The Morgan fingerprint density at radius 1 is 1.05 bits per heavy atom. The van der Waals surface area contributed by atoms with Gasteiger partial charge in [-0.25, -0.2) is 9.50 Å². The van der Waals surface area contributed by atoms with Gasteiger partial charge in [0.1, 0.15) is 6.33 Å². The second-order valence-corrected chi connectivity index (χ2v) is 5.45. The van der Waals surface area contributed by atoms with Gasteiger partial charge in [-0.2, -0.15) is 10.1 Å². The van der Waals surface area contributed by atoms with Gasteiger partial charge in [-0.1, -0.05) is 11.6 Å². The van der Waals surface area contributed by atoms with Gasteiger partial charge in [0.25, 0.3) is 5.78 Å². The molecule has 3 rings (SSSR count). The first kappa shape index (κ1) is 13.1. The predicted octanol–water partition coefficient (Wildman–Crippen LogP) is 3.68. The number of aromatic nitrogens is 4. The van der Waals surface area contributed by atoms with E-state index in [0.29, 0.717) is 5.78 Å². The molecule has 0 N–H and O–H groups in total. The van der Waals surface area contributed by atoms with E-state index in [4.69, 9.17) is 11.6 Å². The molecule has 102 valence electrons. The van der Waals surface area contributed by atoms with Crippen molar-refractivity contribution in [2.24, 2.45) is 0 Å². The van der Waals surface area contributed by atoms with Gasteiger partial charge in [0.05, 0.1) is 11.4 Å². The van der Waals surface area contributed by atoms with Crippen LogP contribution in [-0.2, 0) is 0 Å². The Balaban J connectivity index is 2.37. The number of hydrogen-bond acceptors (Lipinski definition) is 3. The van der Waals surface area contributed by atoms with Crippen molar-refractivity contribution in [2.45, 2.75) is 27.7 Å². The molecular formula is C15H15ClN4. The van der Waals surface area contributed by atoms with Crippen molar-refractivity contribution in [3.05, 3.63) is 46.0 Å². The predicted molar refractivity (Wildman–Crippen MR) is 80.2 cm³/mol. The maximum atomic E-state index is 6.43. The average Bonchev–Trinajstić information content (AvgIpc) is 2.83. The Morgan fingerprint density at radius 3 is 2.50 bits per heavy atom. The summed E-state index contributed by atoms with van der Waals surface area (Å²) in [6.45, 7) is 8.13. The lowest BCUT2D eigenvalue weighted by Crippen LogP contribution is -2.03. The lowest BCUT2D eigenvalue weighted by molar-refractivity contribution is 0.888. The van der Waals surface area contributed by atoms with Crippen LogP contribution in [0.2, 0.25) is 5.02 Å². The molecule has 0 aliphatic carbocycles. The van der Waals surface area contributed by atoms with E-state index in [1.165, 1.54) is 17.5 Å². The molecule has 0 aliphatic rings.